The zero-order valence-electron chi connectivity index (χ0n) is 26.1. The van der Waals surface area contributed by atoms with Gasteiger partial charge >= 0.3 is 11.9 Å². The minimum atomic E-state index is -1.36. The number of aryl methyl sites for hydroxylation is 1. The number of benzene rings is 1. The van der Waals surface area contributed by atoms with Gasteiger partial charge in [0.1, 0.15) is 23.3 Å². The molecule has 42 heavy (non-hydrogen) atoms. The molecule has 0 fully saturated rings. The van der Waals surface area contributed by atoms with E-state index in [0.717, 1.165) is 11.1 Å². The first-order valence-electron chi connectivity index (χ1n) is 13.8. The molecular formula is C30H46N4O7S. The van der Waals surface area contributed by atoms with Crippen molar-refractivity contribution in [1.29, 1.82) is 5.41 Å². The molecule has 2 atom stereocenters. The lowest BCUT2D eigenvalue weighted by Gasteiger charge is -2.28. The van der Waals surface area contributed by atoms with Crippen LogP contribution in [0.1, 0.15) is 79.4 Å². The maximum atomic E-state index is 13.2. The maximum Gasteiger partial charge on any atom is 0.329 e. The lowest BCUT2D eigenvalue weighted by molar-refractivity contribution is -0.160. The van der Waals surface area contributed by atoms with Crippen molar-refractivity contribution in [3.8, 4) is 0 Å². The van der Waals surface area contributed by atoms with Gasteiger partial charge in [-0.15, -0.1) is 11.8 Å². The molecule has 0 unspecified atom stereocenters. The molecular weight excluding hydrogens is 560 g/mol. The van der Waals surface area contributed by atoms with Crippen LogP contribution in [0.4, 0.5) is 0 Å². The minimum absolute atomic E-state index is 0.125. The number of thioether (sulfide) groups is 1. The van der Waals surface area contributed by atoms with Crippen LogP contribution in [0.15, 0.2) is 24.3 Å². The Morgan fingerprint density at radius 1 is 0.881 bits per heavy atom. The van der Waals surface area contributed by atoms with Gasteiger partial charge in [0.25, 0.3) is 0 Å². The summed E-state index contributed by atoms with van der Waals surface area (Å²) < 4.78 is 10.7. The molecule has 0 bridgehead atoms. The van der Waals surface area contributed by atoms with E-state index in [1.165, 1.54) is 11.8 Å². The smallest absolute Gasteiger partial charge is 0.329 e. The first-order valence-corrected chi connectivity index (χ1v) is 15.1. The normalized spacial score (nSPS) is 13.0. The highest BCUT2D eigenvalue weighted by atomic mass is 32.2. The fourth-order valence-electron chi connectivity index (χ4n) is 3.59. The Hall–Kier alpha value is -3.41. The minimum Gasteiger partial charge on any atom is -0.460 e. The third-order valence-corrected chi connectivity index (χ3v) is 6.22. The molecule has 0 aliphatic carbocycles. The van der Waals surface area contributed by atoms with Gasteiger partial charge in [-0.2, -0.15) is 0 Å². The number of hydrogen-bond acceptors (Lipinski definition) is 9. The standard InChI is InChI=1S/C30H46N4O7S/c1-18(2)25(28(39)41-30(6,7)8)34-27(38)21(16-24(37)40-29(3,4)5)33-23(36)17-32-22(35)15-12-19-10-13-20(14-11-19)26(31)42-9/h10-11,13-14,18,21,25,31H,12,15-17H2,1-9H3,(H,32,35)(H,33,36)(H,34,38)/t21-,25-/m0/s1. The van der Waals surface area contributed by atoms with Crippen molar-refractivity contribution in [2.75, 3.05) is 12.8 Å². The van der Waals surface area contributed by atoms with Crippen LogP contribution >= 0.6 is 11.8 Å². The molecule has 0 saturated carbocycles. The third kappa shape index (κ3) is 14.5. The molecule has 234 valence electrons. The molecule has 1 aromatic carbocycles. The average molecular weight is 607 g/mol. The van der Waals surface area contributed by atoms with Crippen LogP contribution in [0, 0.1) is 11.3 Å². The van der Waals surface area contributed by atoms with Gasteiger partial charge in [0.2, 0.25) is 17.7 Å². The Bertz CT molecular complexity index is 1120. The Morgan fingerprint density at radius 3 is 1.95 bits per heavy atom. The van der Waals surface area contributed by atoms with Crippen LogP contribution in [0.2, 0.25) is 0 Å². The number of amides is 3. The van der Waals surface area contributed by atoms with E-state index in [1.54, 1.807) is 55.4 Å². The summed E-state index contributed by atoms with van der Waals surface area (Å²) in [7, 11) is 0. The van der Waals surface area contributed by atoms with E-state index in [0.29, 0.717) is 11.5 Å². The predicted molar refractivity (Wildman–Crippen MR) is 163 cm³/mol. The van der Waals surface area contributed by atoms with Crippen molar-refractivity contribution in [2.45, 2.75) is 97.9 Å². The van der Waals surface area contributed by atoms with Crippen LogP contribution in [-0.4, -0.2) is 70.8 Å². The number of esters is 2. The quantitative estimate of drug-likeness (QED) is 0.151. The fourth-order valence-corrected chi connectivity index (χ4v) is 3.96. The SMILES string of the molecule is CSC(=N)c1ccc(CCC(=O)NCC(=O)N[C@@H](CC(=O)OC(C)(C)C)C(=O)N[C@H](C(=O)OC(C)(C)C)C(C)C)cc1. The molecule has 4 N–H and O–H groups in total. The summed E-state index contributed by atoms with van der Waals surface area (Å²) in [5.41, 5.74) is 0.109. The highest BCUT2D eigenvalue weighted by Gasteiger charge is 2.33. The van der Waals surface area contributed by atoms with Crippen molar-refractivity contribution in [3.63, 3.8) is 0 Å². The summed E-state index contributed by atoms with van der Waals surface area (Å²) in [6, 6.07) is 4.97. The molecule has 11 nitrogen and oxygen atoms in total. The zero-order valence-corrected chi connectivity index (χ0v) is 27.0. The van der Waals surface area contributed by atoms with Gasteiger partial charge in [-0.25, -0.2) is 4.79 Å². The molecule has 0 heterocycles. The zero-order chi connectivity index (χ0) is 32.3. The van der Waals surface area contributed by atoms with E-state index in [1.807, 2.05) is 30.5 Å². The molecule has 0 spiro atoms. The maximum absolute atomic E-state index is 13.2. The molecule has 0 saturated heterocycles. The third-order valence-electron chi connectivity index (χ3n) is 5.57. The summed E-state index contributed by atoms with van der Waals surface area (Å²) in [5.74, 6) is -3.52. The Morgan fingerprint density at radius 2 is 1.45 bits per heavy atom. The second-order valence-electron chi connectivity index (χ2n) is 12.2. The number of rotatable bonds is 13. The molecule has 0 aromatic heterocycles. The lowest BCUT2D eigenvalue weighted by Crippen LogP contribution is -2.55. The summed E-state index contributed by atoms with van der Waals surface area (Å²) >= 11 is 1.34. The van der Waals surface area contributed by atoms with Gasteiger partial charge in [0, 0.05) is 12.0 Å². The molecule has 0 aliphatic rings. The number of hydrogen-bond donors (Lipinski definition) is 4. The van der Waals surface area contributed by atoms with Gasteiger partial charge in [-0.1, -0.05) is 38.1 Å². The predicted octanol–water partition coefficient (Wildman–Crippen LogP) is 3.12. The molecule has 1 rings (SSSR count). The summed E-state index contributed by atoms with van der Waals surface area (Å²) in [6.07, 6.45) is 1.91. The molecule has 12 heteroatoms. The van der Waals surface area contributed by atoms with Crippen molar-refractivity contribution in [3.05, 3.63) is 35.4 Å². The lowest BCUT2D eigenvalue weighted by atomic mass is 10.0. The number of nitrogens with one attached hydrogen (secondary N) is 4. The van der Waals surface area contributed by atoms with E-state index in [9.17, 15) is 24.0 Å². The Kier molecular flexibility index (Phi) is 14.2. The van der Waals surface area contributed by atoms with Crippen LogP contribution in [-0.2, 0) is 39.9 Å². The molecule has 0 aliphatic heterocycles. The van der Waals surface area contributed by atoms with Gasteiger partial charge in [-0.05, 0) is 65.7 Å². The Labute approximate surface area is 253 Å². The second-order valence-corrected chi connectivity index (χ2v) is 13.0. The van der Waals surface area contributed by atoms with E-state index in [2.05, 4.69) is 16.0 Å². The summed E-state index contributed by atoms with van der Waals surface area (Å²) in [6.45, 7) is 13.2. The van der Waals surface area contributed by atoms with Crippen molar-refractivity contribution < 1.29 is 33.4 Å². The van der Waals surface area contributed by atoms with E-state index in [4.69, 9.17) is 14.9 Å². The first kappa shape index (κ1) is 36.6. The fraction of sp³-hybridized carbons (Fsp3) is 0.600. The number of ether oxygens (including phenoxy) is 2. The largest absolute Gasteiger partial charge is 0.460 e. The van der Waals surface area contributed by atoms with Crippen LogP contribution < -0.4 is 16.0 Å². The van der Waals surface area contributed by atoms with Crippen molar-refractivity contribution in [2.24, 2.45) is 5.92 Å². The van der Waals surface area contributed by atoms with E-state index < -0.39 is 60.0 Å². The Balaban J connectivity index is 2.84. The van der Waals surface area contributed by atoms with Gasteiger partial charge < -0.3 is 25.4 Å². The van der Waals surface area contributed by atoms with Crippen molar-refractivity contribution in [1.82, 2.24) is 16.0 Å². The van der Waals surface area contributed by atoms with Crippen LogP contribution in [0.25, 0.3) is 0 Å². The molecule has 3 amide bonds. The number of carbonyl (C=O) groups is 5. The number of carbonyl (C=O) groups excluding carboxylic acids is 5. The van der Waals surface area contributed by atoms with Crippen molar-refractivity contribution >= 4 is 46.5 Å². The average Bonchev–Trinajstić information content (AvgIpc) is 2.86. The highest BCUT2D eigenvalue weighted by Crippen LogP contribution is 2.14. The van der Waals surface area contributed by atoms with Gasteiger partial charge in [-0.3, -0.25) is 24.6 Å². The monoisotopic (exact) mass is 606 g/mol. The van der Waals surface area contributed by atoms with E-state index in [-0.39, 0.29) is 18.2 Å². The van der Waals surface area contributed by atoms with E-state index >= 15 is 0 Å². The molecule has 0 radical (unpaired) electrons. The summed E-state index contributed by atoms with van der Waals surface area (Å²) in [4.78, 5) is 63.5. The summed E-state index contributed by atoms with van der Waals surface area (Å²) in [5, 5.41) is 15.9. The van der Waals surface area contributed by atoms with Crippen LogP contribution in [0.3, 0.4) is 0 Å². The van der Waals surface area contributed by atoms with Crippen LogP contribution in [0.5, 0.6) is 0 Å². The second kappa shape index (κ2) is 16.3. The first-order chi connectivity index (χ1) is 19.3. The van der Waals surface area contributed by atoms with Gasteiger partial charge in [0.15, 0.2) is 0 Å². The highest BCUT2D eigenvalue weighted by molar-refractivity contribution is 8.13. The van der Waals surface area contributed by atoms with Gasteiger partial charge in [0.05, 0.1) is 18.0 Å². The topological polar surface area (TPSA) is 164 Å². The molecule has 1 aromatic rings.